The van der Waals surface area contributed by atoms with Gasteiger partial charge in [-0.3, -0.25) is 0 Å². The van der Waals surface area contributed by atoms with Crippen LogP contribution in [0.25, 0.3) is 0 Å². The minimum absolute atomic E-state index is 0.0831. The second-order valence-electron chi connectivity index (χ2n) is 13.4. The van der Waals surface area contributed by atoms with Gasteiger partial charge < -0.3 is 39.7 Å². The Kier molecular flexibility index (Phi) is 6.78. The zero-order valence-corrected chi connectivity index (χ0v) is 22.5. The van der Waals surface area contributed by atoms with Gasteiger partial charge in [0.05, 0.1) is 17.8 Å². The molecule has 0 spiro atoms. The van der Waals surface area contributed by atoms with E-state index in [9.17, 15) is 30.3 Å². The number of rotatable bonds is 4. The summed E-state index contributed by atoms with van der Waals surface area (Å²) in [5, 5.41) is 53.9. The van der Waals surface area contributed by atoms with Crippen molar-refractivity contribution >= 4 is 5.97 Å². The number of aliphatic hydroxyl groups is 5. The number of cyclic esters (lactones) is 1. The molecule has 4 saturated carbocycles. The van der Waals surface area contributed by atoms with Crippen LogP contribution in [0, 0.1) is 34.5 Å². The highest BCUT2D eigenvalue weighted by Gasteiger charge is 2.68. The van der Waals surface area contributed by atoms with E-state index < -0.39 is 36.3 Å². The molecule has 9 nitrogen and oxygen atoms in total. The van der Waals surface area contributed by atoms with Gasteiger partial charge in [-0.15, -0.1) is 0 Å². The number of hydrogen-bond donors (Lipinski definition) is 5. The number of carbonyl (C=O) groups excluding carboxylic acids is 1. The minimum Gasteiger partial charge on any atom is -0.458 e. The first kappa shape index (κ1) is 27.1. The van der Waals surface area contributed by atoms with E-state index in [0.717, 1.165) is 50.5 Å². The van der Waals surface area contributed by atoms with Crippen LogP contribution in [-0.2, 0) is 19.0 Å². The summed E-state index contributed by atoms with van der Waals surface area (Å²) in [5.41, 5.74) is -0.401. The van der Waals surface area contributed by atoms with Crippen LogP contribution in [0.1, 0.15) is 71.6 Å². The SMILES string of the molecule is C[C@H]1OC(O[C@H]2CC[C@@]3(CO)[C@H](CC[C@@H]4[C@@H]3CC[C@]3(C)[C@@H](C5=CC(=O)OC5)CC[C@]43O)C2)[C@H](O)[C@H](O)[C@@H]1O. The van der Waals surface area contributed by atoms with Gasteiger partial charge in [0.1, 0.15) is 24.9 Å². The number of aliphatic hydroxyl groups excluding tert-OH is 4. The van der Waals surface area contributed by atoms with E-state index in [1.54, 1.807) is 13.0 Å². The predicted molar refractivity (Wildman–Crippen MR) is 134 cm³/mol. The molecule has 38 heavy (non-hydrogen) atoms. The molecule has 6 aliphatic rings. The van der Waals surface area contributed by atoms with Crippen LogP contribution in [0.5, 0.6) is 0 Å². The van der Waals surface area contributed by atoms with Gasteiger partial charge in [0.25, 0.3) is 0 Å². The zero-order valence-electron chi connectivity index (χ0n) is 22.5. The Morgan fingerprint density at radius 1 is 1.00 bits per heavy atom. The summed E-state index contributed by atoms with van der Waals surface area (Å²) < 4.78 is 17.1. The van der Waals surface area contributed by atoms with Gasteiger partial charge in [-0.25, -0.2) is 4.79 Å². The maximum absolute atomic E-state index is 12.4. The normalized spacial score (nSPS) is 54.5. The fourth-order valence-corrected chi connectivity index (χ4v) is 9.91. The van der Waals surface area contributed by atoms with Crippen molar-refractivity contribution in [1.29, 1.82) is 0 Å². The average molecular weight is 537 g/mol. The molecule has 1 saturated heterocycles. The maximum atomic E-state index is 12.4. The van der Waals surface area contributed by atoms with Gasteiger partial charge in [-0.1, -0.05) is 6.92 Å². The highest BCUT2D eigenvalue weighted by molar-refractivity contribution is 5.85. The molecule has 0 aromatic heterocycles. The van der Waals surface area contributed by atoms with Crippen molar-refractivity contribution in [2.24, 2.45) is 34.5 Å². The summed E-state index contributed by atoms with van der Waals surface area (Å²) in [6, 6.07) is 0. The molecule has 2 aliphatic heterocycles. The molecule has 1 unspecified atom stereocenters. The van der Waals surface area contributed by atoms with Crippen molar-refractivity contribution < 1.29 is 44.5 Å². The molecule has 13 atom stereocenters. The van der Waals surface area contributed by atoms with Crippen LogP contribution in [0.15, 0.2) is 11.6 Å². The fraction of sp³-hybridized carbons (Fsp3) is 0.897. The summed E-state index contributed by atoms with van der Waals surface area (Å²) in [6.07, 6.45) is 3.35. The Hall–Kier alpha value is -1.07. The summed E-state index contributed by atoms with van der Waals surface area (Å²) in [7, 11) is 0. The Bertz CT molecular complexity index is 970. The molecule has 9 heteroatoms. The molecule has 4 aliphatic carbocycles. The van der Waals surface area contributed by atoms with Crippen molar-refractivity contribution in [3.63, 3.8) is 0 Å². The van der Waals surface area contributed by atoms with E-state index in [-0.39, 0.29) is 53.2 Å². The van der Waals surface area contributed by atoms with Crippen molar-refractivity contribution in [2.45, 2.75) is 114 Å². The molecule has 5 N–H and O–H groups in total. The molecular formula is C29H44O9. The third-order valence-electron chi connectivity index (χ3n) is 12.1. The summed E-state index contributed by atoms with van der Waals surface area (Å²) in [4.78, 5) is 11.8. The third kappa shape index (κ3) is 3.80. The minimum atomic E-state index is -1.32. The Morgan fingerprint density at radius 2 is 1.79 bits per heavy atom. The van der Waals surface area contributed by atoms with Crippen molar-refractivity contribution in [1.82, 2.24) is 0 Å². The summed E-state index contributed by atoms with van der Waals surface area (Å²) in [5.74, 6) is 0.414. The zero-order chi connectivity index (χ0) is 27.0. The number of ether oxygens (including phenoxy) is 3. The second-order valence-corrected chi connectivity index (χ2v) is 13.4. The molecule has 214 valence electrons. The summed E-state index contributed by atoms with van der Waals surface area (Å²) >= 11 is 0. The van der Waals surface area contributed by atoms with Crippen LogP contribution in [0.4, 0.5) is 0 Å². The molecule has 2 heterocycles. The quantitative estimate of drug-likeness (QED) is 0.266. The third-order valence-corrected chi connectivity index (χ3v) is 12.1. The largest absolute Gasteiger partial charge is 0.458 e. The lowest BCUT2D eigenvalue weighted by molar-refractivity contribution is -0.311. The maximum Gasteiger partial charge on any atom is 0.331 e. The van der Waals surface area contributed by atoms with Crippen LogP contribution >= 0.6 is 0 Å². The number of esters is 1. The topological polar surface area (TPSA) is 146 Å². The number of carbonyl (C=O) groups is 1. The molecule has 0 bridgehead atoms. The Morgan fingerprint density at radius 3 is 2.50 bits per heavy atom. The van der Waals surface area contributed by atoms with E-state index in [0.29, 0.717) is 19.4 Å². The first-order chi connectivity index (χ1) is 18.0. The monoisotopic (exact) mass is 536 g/mol. The highest BCUT2D eigenvalue weighted by Crippen LogP contribution is 2.70. The van der Waals surface area contributed by atoms with Crippen LogP contribution in [-0.4, -0.2) is 87.1 Å². The van der Waals surface area contributed by atoms with E-state index >= 15 is 0 Å². The smallest absolute Gasteiger partial charge is 0.331 e. The molecule has 0 amide bonds. The Labute approximate surface area is 224 Å². The van der Waals surface area contributed by atoms with Gasteiger partial charge in [0.15, 0.2) is 6.29 Å². The molecule has 5 fully saturated rings. The predicted octanol–water partition coefficient (Wildman–Crippen LogP) is 1.43. The lowest BCUT2D eigenvalue weighted by atomic mass is 9.43. The van der Waals surface area contributed by atoms with Crippen LogP contribution in [0.3, 0.4) is 0 Å². The van der Waals surface area contributed by atoms with Gasteiger partial charge in [0.2, 0.25) is 0 Å². The van der Waals surface area contributed by atoms with Gasteiger partial charge in [-0.05, 0) is 99.4 Å². The van der Waals surface area contributed by atoms with E-state index in [1.807, 2.05) is 0 Å². The highest BCUT2D eigenvalue weighted by atomic mass is 16.7. The van der Waals surface area contributed by atoms with E-state index in [2.05, 4.69) is 6.92 Å². The Balaban J connectivity index is 1.19. The van der Waals surface area contributed by atoms with Crippen LogP contribution in [0.2, 0.25) is 0 Å². The van der Waals surface area contributed by atoms with E-state index in [4.69, 9.17) is 14.2 Å². The van der Waals surface area contributed by atoms with Crippen molar-refractivity contribution in [2.75, 3.05) is 13.2 Å². The molecule has 0 aromatic rings. The average Bonchev–Trinajstić information content (AvgIpc) is 3.45. The lowest BCUT2D eigenvalue weighted by Crippen LogP contribution is -2.64. The fourth-order valence-electron chi connectivity index (χ4n) is 9.91. The molecule has 0 radical (unpaired) electrons. The molecule has 0 aromatic carbocycles. The van der Waals surface area contributed by atoms with Crippen molar-refractivity contribution in [3.05, 3.63) is 11.6 Å². The first-order valence-corrected chi connectivity index (χ1v) is 14.6. The van der Waals surface area contributed by atoms with Crippen molar-refractivity contribution in [3.8, 4) is 0 Å². The lowest BCUT2D eigenvalue weighted by Gasteiger charge is -2.64. The second kappa shape index (κ2) is 9.50. The number of fused-ring (bicyclic) bond motifs is 5. The first-order valence-electron chi connectivity index (χ1n) is 14.6. The van der Waals surface area contributed by atoms with Crippen LogP contribution < -0.4 is 0 Å². The standard InChI is InChI=1S/C29H44O9/c1-15-23(32)24(33)25(34)26(37-15)38-18-5-9-28(14-30)17(12-18)3-4-21-20(28)6-8-27(2)19(7-10-29(21,27)35)16-11-22(31)36-13-16/h11,15,17-21,23-26,30,32-35H,3-10,12-14H2,1-2H3/t15-,17-,18+,19-,20+,21-,23-,24-,25-,26?,27-,28-,29+/m1/s1. The van der Waals surface area contributed by atoms with Gasteiger partial charge in [-0.2, -0.15) is 0 Å². The molecular weight excluding hydrogens is 492 g/mol. The number of hydrogen-bond acceptors (Lipinski definition) is 9. The van der Waals surface area contributed by atoms with Gasteiger partial charge in [0, 0.05) is 18.1 Å². The van der Waals surface area contributed by atoms with Gasteiger partial charge >= 0.3 is 5.97 Å². The van der Waals surface area contributed by atoms with E-state index in [1.165, 1.54) is 0 Å². The molecule has 6 rings (SSSR count). The summed E-state index contributed by atoms with van der Waals surface area (Å²) in [6.45, 7) is 4.27.